The average molecular weight is 411 g/mol. The SMILES string of the molecule is CC(C[C](=[Cr])N1CCCC1)OS(C)(=O)=O.[C-]#[O+].[C-]#[O+].[C-]#[O+].[C-]#[O+].[C-]#[O+]. The molecule has 0 bridgehead atoms. The molecular formula is C14H17CrNO8S. The molecule has 11 heteroatoms. The van der Waals surface area contributed by atoms with Gasteiger partial charge in [0, 0.05) is 0 Å². The summed E-state index contributed by atoms with van der Waals surface area (Å²) >= 11 is 3.00. The summed E-state index contributed by atoms with van der Waals surface area (Å²) in [5, 5.41) is 0. The Balaban J connectivity index is -0.000000114. The van der Waals surface area contributed by atoms with Crippen molar-refractivity contribution in [2.75, 3.05) is 19.3 Å². The van der Waals surface area contributed by atoms with Crippen LogP contribution in [0.4, 0.5) is 0 Å². The first kappa shape index (κ1) is 35.1. The van der Waals surface area contributed by atoms with Crippen LogP contribution in [0.15, 0.2) is 0 Å². The van der Waals surface area contributed by atoms with E-state index in [-0.39, 0.29) is 6.10 Å². The van der Waals surface area contributed by atoms with Crippen LogP contribution in [-0.4, -0.2) is 43.3 Å². The molecule has 0 aromatic rings. The van der Waals surface area contributed by atoms with Crippen LogP contribution in [0.1, 0.15) is 26.2 Å². The van der Waals surface area contributed by atoms with Crippen molar-refractivity contribution in [2.45, 2.75) is 32.3 Å². The molecule has 1 unspecified atom stereocenters. The Kier molecular flexibility index (Phi) is 39.1. The minimum absolute atomic E-state index is 0.295. The molecule has 0 radical (unpaired) electrons. The molecule has 0 aliphatic carbocycles. The van der Waals surface area contributed by atoms with Crippen LogP contribution in [0.25, 0.3) is 0 Å². The van der Waals surface area contributed by atoms with Gasteiger partial charge in [-0.3, -0.25) is 0 Å². The van der Waals surface area contributed by atoms with Crippen molar-refractivity contribution in [3.05, 3.63) is 33.3 Å². The minimum atomic E-state index is -3.34. The summed E-state index contributed by atoms with van der Waals surface area (Å²) in [6, 6.07) is 0. The monoisotopic (exact) mass is 411 g/mol. The Morgan fingerprint density at radius 1 is 1.00 bits per heavy atom. The second-order valence-corrected chi connectivity index (χ2v) is 6.24. The maximum absolute atomic E-state index is 10.9. The van der Waals surface area contributed by atoms with E-state index < -0.39 is 10.1 Å². The molecule has 0 N–H and O–H groups in total. The molecule has 0 aromatic carbocycles. The van der Waals surface area contributed by atoms with Crippen molar-refractivity contribution >= 4 is 14.6 Å². The number of hydrogen-bond donors (Lipinski definition) is 0. The Hall–Kier alpha value is -1.03. The Labute approximate surface area is 156 Å². The molecule has 1 aliphatic heterocycles. The molecular weight excluding hydrogens is 394 g/mol. The maximum atomic E-state index is 10.9. The van der Waals surface area contributed by atoms with Crippen molar-refractivity contribution < 1.29 is 51.7 Å². The summed E-state index contributed by atoms with van der Waals surface area (Å²) in [6.07, 6.45) is 3.85. The zero-order valence-corrected chi connectivity index (χ0v) is 15.7. The van der Waals surface area contributed by atoms with Crippen LogP contribution < -0.4 is 0 Å². The molecule has 1 saturated heterocycles. The molecule has 0 amide bonds. The van der Waals surface area contributed by atoms with E-state index in [2.05, 4.69) is 54.0 Å². The quantitative estimate of drug-likeness (QED) is 0.364. The number of rotatable bonds is 5. The Morgan fingerprint density at radius 3 is 1.60 bits per heavy atom. The predicted octanol–water partition coefficient (Wildman–Crippen LogP) is 0.326. The first-order chi connectivity index (χ1) is 11.9. The molecule has 0 aromatic heterocycles. The van der Waals surface area contributed by atoms with Crippen molar-refractivity contribution in [3.8, 4) is 0 Å². The van der Waals surface area contributed by atoms with E-state index in [4.69, 9.17) is 27.4 Å². The van der Waals surface area contributed by atoms with Crippen LogP contribution in [-0.2, 0) is 53.4 Å². The summed E-state index contributed by atoms with van der Waals surface area (Å²) in [7, 11) is -3.34. The van der Waals surface area contributed by atoms with Gasteiger partial charge in [0.25, 0.3) is 0 Å². The Bertz CT molecular complexity index is 480. The number of hydrogen-bond acceptors (Lipinski definition) is 4. The van der Waals surface area contributed by atoms with Gasteiger partial charge >= 0.3 is 156 Å². The molecule has 0 spiro atoms. The first-order valence-corrected chi connectivity index (χ1v) is 8.52. The van der Waals surface area contributed by atoms with Crippen molar-refractivity contribution in [3.63, 3.8) is 0 Å². The summed E-state index contributed by atoms with van der Waals surface area (Å²) in [5.41, 5.74) is 0. The second-order valence-electron chi connectivity index (χ2n) is 3.90. The van der Waals surface area contributed by atoms with Gasteiger partial charge < -0.3 is 0 Å². The van der Waals surface area contributed by atoms with Crippen LogP contribution in [0.3, 0.4) is 0 Å². The molecule has 9 nitrogen and oxygen atoms in total. The van der Waals surface area contributed by atoms with Gasteiger partial charge in [-0.05, 0) is 0 Å². The molecule has 1 aliphatic rings. The third-order valence-electron chi connectivity index (χ3n) is 2.26. The van der Waals surface area contributed by atoms with Crippen LogP contribution in [0.2, 0.25) is 0 Å². The molecule has 1 fully saturated rings. The van der Waals surface area contributed by atoms with Crippen LogP contribution >= 0.6 is 0 Å². The van der Waals surface area contributed by atoms with Gasteiger partial charge in [0.15, 0.2) is 0 Å². The fourth-order valence-corrected chi connectivity index (χ4v) is 2.99. The van der Waals surface area contributed by atoms with E-state index in [1.54, 1.807) is 6.92 Å². The van der Waals surface area contributed by atoms with E-state index in [0.29, 0.717) is 6.42 Å². The summed E-state index contributed by atoms with van der Waals surface area (Å²) in [4.78, 5) is 2.25. The normalized spacial score (nSPS) is 12.6. The van der Waals surface area contributed by atoms with Gasteiger partial charge in [-0.1, -0.05) is 0 Å². The van der Waals surface area contributed by atoms with E-state index in [9.17, 15) is 8.42 Å². The summed E-state index contributed by atoms with van der Waals surface area (Å²) < 4.78 is 65.3. The zero-order valence-electron chi connectivity index (χ0n) is 13.6. The zero-order chi connectivity index (χ0) is 21.5. The van der Waals surface area contributed by atoms with Gasteiger partial charge in [0.1, 0.15) is 0 Å². The van der Waals surface area contributed by atoms with Crippen LogP contribution in [0.5, 0.6) is 0 Å². The van der Waals surface area contributed by atoms with Crippen molar-refractivity contribution in [1.82, 2.24) is 4.90 Å². The second kappa shape index (κ2) is 27.8. The molecule has 1 rings (SSSR count). The average Bonchev–Trinajstić information content (AvgIpc) is 3.17. The van der Waals surface area contributed by atoms with E-state index in [1.165, 1.54) is 12.8 Å². The molecule has 25 heavy (non-hydrogen) atoms. The van der Waals surface area contributed by atoms with Gasteiger partial charge in [-0.2, -0.15) is 0 Å². The molecule has 1 heterocycles. The number of likely N-dealkylation sites (tertiary alicyclic amines) is 1. The van der Waals surface area contributed by atoms with E-state index in [0.717, 1.165) is 23.8 Å². The van der Waals surface area contributed by atoms with Gasteiger partial charge in [0.05, 0.1) is 0 Å². The Morgan fingerprint density at radius 2 is 1.32 bits per heavy atom. The van der Waals surface area contributed by atoms with Crippen molar-refractivity contribution in [2.24, 2.45) is 0 Å². The first-order valence-electron chi connectivity index (χ1n) is 6.06. The standard InChI is InChI=1S/C9H17NO3S.5CO.Cr/c1-9(13-14(2,11)12)5-8-10-6-3-4-7-10;5*1-2;/h9H,3-7H2,1-2H3;;;;;;. The predicted molar refractivity (Wildman–Crippen MR) is 75.5 cm³/mol. The fourth-order valence-electron chi connectivity index (χ4n) is 1.67. The topological polar surface area (TPSA) is 146 Å². The third kappa shape index (κ3) is 28.1. The van der Waals surface area contributed by atoms with Crippen LogP contribution in [0, 0.1) is 33.3 Å². The summed E-state index contributed by atoms with van der Waals surface area (Å²) in [6.45, 7) is 26.4. The molecule has 138 valence electrons. The van der Waals surface area contributed by atoms with Gasteiger partial charge in [-0.25, -0.2) is 0 Å². The van der Waals surface area contributed by atoms with E-state index in [1.807, 2.05) is 0 Å². The van der Waals surface area contributed by atoms with Crippen molar-refractivity contribution in [1.29, 1.82) is 0 Å². The third-order valence-corrected chi connectivity index (χ3v) is 3.60. The van der Waals surface area contributed by atoms with E-state index >= 15 is 0 Å². The van der Waals surface area contributed by atoms with Gasteiger partial charge in [0.2, 0.25) is 0 Å². The fraction of sp³-hybridized carbons (Fsp3) is 0.571. The molecule has 1 atom stereocenters. The molecule has 0 saturated carbocycles. The summed E-state index contributed by atoms with van der Waals surface area (Å²) in [5.74, 6) is 0. The number of nitrogens with zero attached hydrogens (tertiary/aromatic N) is 1. The van der Waals surface area contributed by atoms with Gasteiger partial charge in [-0.15, -0.1) is 0 Å².